The van der Waals surface area contributed by atoms with Gasteiger partial charge in [-0.2, -0.15) is 0 Å². The number of halogens is 2. The van der Waals surface area contributed by atoms with Gasteiger partial charge in [0.2, 0.25) is 0 Å². The minimum atomic E-state index is -0.673. The Bertz CT molecular complexity index is 786. The van der Waals surface area contributed by atoms with Crippen LogP contribution in [0.15, 0.2) is 42.5 Å². The van der Waals surface area contributed by atoms with E-state index in [1.54, 1.807) is 35.2 Å². The van der Waals surface area contributed by atoms with Gasteiger partial charge in [-0.25, -0.2) is 9.18 Å². The SMILES string of the molecule is NC(=O)Nc1ccc(C(=O)N(Cc2c(F)cccc2Cl)C2CC2)cc1. The van der Waals surface area contributed by atoms with Crippen LogP contribution in [0, 0.1) is 5.82 Å². The highest BCUT2D eigenvalue weighted by atomic mass is 35.5. The van der Waals surface area contributed by atoms with Crippen LogP contribution in [-0.4, -0.2) is 22.9 Å². The molecule has 5 nitrogen and oxygen atoms in total. The second-order valence-corrected chi connectivity index (χ2v) is 6.34. The minimum Gasteiger partial charge on any atom is -0.351 e. The van der Waals surface area contributed by atoms with Gasteiger partial charge in [0.25, 0.3) is 5.91 Å². The fraction of sp³-hybridized carbons (Fsp3) is 0.222. The van der Waals surface area contributed by atoms with Crippen molar-refractivity contribution in [1.29, 1.82) is 0 Å². The summed E-state index contributed by atoms with van der Waals surface area (Å²) in [5.74, 6) is -0.626. The van der Waals surface area contributed by atoms with E-state index in [0.29, 0.717) is 21.8 Å². The minimum absolute atomic E-state index is 0.0894. The van der Waals surface area contributed by atoms with E-state index in [-0.39, 0.29) is 18.5 Å². The van der Waals surface area contributed by atoms with Crippen LogP contribution in [0.3, 0.4) is 0 Å². The zero-order valence-electron chi connectivity index (χ0n) is 13.3. The quantitative estimate of drug-likeness (QED) is 0.850. The van der Waals surface area contributed by atoms with E-state index >= 15 is 0 Å². The molecule has 1 fully saturated rings. The predicted octanol–water partition coefficient (Wildman–Crippen LogP) is 3.77. The molecule has 0 aromatic heterocycles. The lowest BCUT2D eigenvalue weighted by Gasteiger charge is -2.23. The molecule has 0 unspecified atom stereocenters. The monoisotopic (exact) mass is 361 g/mol. The number of urea groups is 1. The van der Waals surface area contributed by atoms with Crippen LogP contribution >= 0.6 is 11.6 Å². The number of amides is 3. The molecule has 1 aliphatic carbocycles. The third kappa shape index (κ3) is 4.09. The van der Waals surface area contributed by atoms with Gasteiger partial charge in [-0.1, -0.05) is 17.7 Å². The Hall–Kier alpha value is -2.60. The number of benzene rings is 2. The van der Waals surface area contributed by atoms with E-state index < -0.39 is 11.8 Å². The molecule has 3 rings (SSSR count). The molecule has 3 N–H and O–H groups in total. The topological polar surface area (TPSA) is 75.4 Å². The highest BCUT2D eigenvalue weighted by Gasteiger charge is 2.34. The van der Waals surface area contributed by atoms with Crippen molar-refractivity contribution in [2.75, 3.05) is 5.32 Å². The first kappa shape index (κ1) is 17.2. The molecule has 1 aliphatic rings. The summed E-state index contributed by atoms with van der Waals surface area (Å²) < 4.78 is 14.1. The lowest BCUT2D eigenvalue weighted by molar-refractivity contribution is 0.0728. The summed E-state index contributed by atoms with van der Waals surface area (Å²) in [4.78, 5) is 25.3. The maximum Gasteiger partial charge on any atom is 0.316 e. The summed E-state index contributed by atoms with van der Waals surface area (Å²) in [6.45, 7) is 0.121. The molecule has 25 heavy (non-hydrogen) atoms. The molecule has 2 aromatic rings. The standard InChI is InChI=1S/C18H17ClFN3O2/c19-15-2-1-3-16(20)14(15)10-23(13-8-9-13)17(24)11-4-6-12(7-5-11)22-18(21)25/h1-7,13H,8-10H2,(H3,21,22,25). The molecule has 0 heterocycles. The lowest BCUT2D eigenvalue weighted by Crippen LogP contribution is -2.33. The average Bonchev–Trinajstić information content (AvgIpc) is 3.39. The van der Waals surface area contributed by atoms with Gasteiger partial charge in [0, 0.05) is 27.9 Å². The van der Waals surface area contributed by atoms with E-state index in [2.05, 4.69) is 5.32 Å². The molecule has 0 atom stereocenters. The van der Waals surface area contributed by atoms with Gasteiger partial charge in [-0.05, 0) is 49.2 Å². The first-order valence-electron chi connectivity index (χ1n) is 7.86. The fourth-order valence-corrected chi connectivity index (χ4v) is 2.83. The Labute approximate surface area is 149 Å². The number of carbonyl (C=O) groups is 2. The first-order valence-corrected chi connectivity index (χ1v) is 8.24. The highest BCUT2D eigenvalue weighted by molar-refractivity contribution is 6.31. The second kappa shape index (κ2) is 7.11. The largest absolute Gasteiger partial charge is 0.351 e. The lowest BCUT2D eigenvalue weighted by atomic mass is 10.1. The Morgan fingerprint density at radius 2 is 1.88 bits per heavy atom. The van der Waals surface area contributed by atoms with Crippen molar-refractivity contribution < 1.29 is 14.0 Å². The predicted molar refractivity (Wildman–Crippen MR) is 94.0 cm³/mol. The van der Waals surface area contributed by atoms with Crippen molar-refractivity contribution in [2.45, 2.75) is 25.4 Å². The molecule has 1 saturated carbocycles. The number of nitrogens with zero attached hydrogens (tertiary/aromatic N) is 1. The van der Waals surface area contributed by atoms with Crippen molar-refractivity contribution in [2.24, 2.45) is 5.73 Å². The zero-order valence-corrected chi connectivity index (χ0v) is 14.1. The number of rotatable bonds is 5. The van der Waals surface area contributed by atoms with Crippen LogP contribution in [0.1, 0.15) is 28.8 Å². The molecule has 0 radical (unpaired) electrons. The van der Waals surface area contributed by atoms with E-state index in [1.807, 2.05) is 0 Å². The third-order valence-electron chi connectivity index (χ3n) is 4.04. The van der Waals surface area contributed by atoms with Crippen LogP contribution in [0.4, 0.5) is 14.9 Å². The van der Waals surface area contributed by atoms with Crippen molar-refractivity contribution in [3.05, 3.63) is 64.4 Å². The van der Waals surface area contributed by atoms with Crippen LogP contribution < -0.4 is 11.1 Å². The van der Waals surface area contributed by atoms with Crippen molar-refractivity contribution in [3.8, 4) is 0 Å². The summed E-state index contributed by atoms with van der Waals surface area (Å²) in [7, 11) is 0. The number of nitrogens with two attached hydrogens (primary N) is 1. The summed E-state index contributed by atoms with van der Waals surface area (Å²) in [6, 6.07) is 10.3. The van der Waals surface area contributed by atoms with Crippen LogP contribution in [0.5, 0.6) is 0 Å². The summed E-state index contributed by atoms with van der Waals surface area (Å²) in [5.41, 5.74) is 6.33. The maximum absolute atomic E-state index is 14.1. The van der Waals surface area contributed by atoms with E-state index in [4.69, 9.17) is 17.3 Å². The molecule has 7 heteroatoms. The molecule has 2 aromatic carbocycles. The Kier molecular flexibility index (Phi) is 4.90. The van der Waals surface area contributed by atoms with Crippen molar-refractivity contribution in [3.63, 3.8) is 0 Å². The summed E-state index contributed by atoms with van der Waals surface area (Å²) >= 11 is 6.09. The number of hydrogen-bond donors (Lipinski definition) is 2. The molecule has 0 spiro atoms. The highest BCUT2D eigenvalue weighted by Crippen LogP contribution is 2.32. The van der Waals surface area contributed by atoms with Gasteiger partial charge in [-0.15, -0.1) is 0 Å². The van der Waals surface area contributed by atoms with Gasteiger partial charge in [0.05, 0.1) is 6.54 Å². The maximum atomic E-state index is 14.1. The van der Waals surface area contributed by atoms with Crippen LogP contribution in [0.2, 0.25) is 5.02 Å². The fourth-order valence-electron chi connectivity index (χ4n) is 2.61. The first-order chi connectivity index (χ1) is 12.0. The number of nitrogens with one attached hydrogen (secondary N) is 1. The van der Waals surface area contributed by atoms with Gasteiger partial charge in [-0.3, -0.25) is 4.79 Å². The number of hydrogen-bond acceptors (Lipinski definition) is 2. The Morgan fingerprint density at radius 1 is 1.20 bits per heavy atom. The molecule has 3 amide bonds. The number of anilines is 1. The summed E-state index contributed by atoms with van der Waals surface area (Å²) in [5, 5.41) is 2.74. The number of carbonyl (C=O) groups excluding carboxylic acids is 2. The number of primary amides is 1. The van der Waals surface area contributed by atoms with E-state index in [0.717, 1.165) is 12.8 Å². The molecular weight excluding hydrogens is 345 g/mol. The summed E-state index contributed by atoms with van der Waals surface area (Å²) in [6.07, 6.45) is 1.78. The van der Waals surface area contributed by atoms with Crippen molar-refractivity contribution in [1.82, 2.24) is 4.90 Å². The van der Waals surface area contributed by atoms with E-state index in [9.17, 15) is 14.0 Å². The van der Waals surface area contributed by atoms with Crippen molar-refractivity contribution >= 4 is 29.2 Å². The van der Waals surface area contributed by atoms with E-state index in [1.165, 1.54) is 12.1 Å². The Balaban J connectivity index is 1.81. The smallest absolute Gasteiger partial charge is 0.316 e. The second-order valence-electron chi connectivity index (χ2n) is 5.93. The van der Waals surface area contributed by atoms with Crippen LogP contribution in [0.25, 0.3) is 0 Å². The molecule has 0 bridgehead atoms. The zero-order chi connectivity index (χ0) is 18.0. The van der Waals surface area contributed by atoms with Crippen LogP contribution in [-0.2, 0) is 6.54 Å². The molecular formula is C18H17ClFN3O2. The average molecular weight is 362 g/mol. The van der Waals surface area contributed by atoms with Gasteiger partial charge < -0.3 is 16.0 Å². The molecule has 0 aliphatic heterocycles. The van der Waals surface area contributed by atoms with Gasteiger partial charge >= 0.3 is 6.03 Å². The third-order valence-corrected chi connectivity index (χ3v) is 4.39. The Morgan fingerprint density at radius 3 is 2.44 bits per heavy atom. The normalized spacial score (nSPS) is 13.4. The van der Waals surface area contributed by atoms with Gasteiger partial charge in [0.15, 0.2) is 0 Å². The molecule has 0 saturated heterocycles. The molecule has 130 valence electrons. The van der Waals surface area contributed by atoms with Gasteiger partial charge in [0.1, 0.15) is 5.82 Å².